The summed E-state index contributed by atoms with van der Waals surface area (Å²) in [5, 5.41) is 6.51. The Kier molecular flexibility index (Phi) is 7.25. The van der Waals surface area contributed by atoms with Gasteiger partial charge < -0.3 is 20.3 Å². The molecule has 33 heavy (non-hydrogen) atoms. The SMILES string of the molecule is C=C1c2ccccc2C(=O)N1CCC(=O)Nc1sc2c(c1C(=O)NCCCOC)CCCC2. The highest BCUT2D eigenvalue weighted by molar-refractivity contribution is 7.17. The lowest BCUT2D eigenvalue weighted by atomic mass is 9.95. The molecule has 1 aromatic carbocycles. The number of carbonyl (C=O) groups excluding carboxylic acids is 3. The highest BCUT2D eigenvalue weighted by Gasteiger charge is 2.31. The van der Waals surface area contributed by atoms with E-state index in [0.717, 1.165) is 43.2 Å². The fourth-order valence-electron chi connectivity index (χ4n) is 4.37. The Morgan fingerprint density at radius 2 is 1.94 bits per heavy atom. The van der Waals surface area contributed by atoms with Crippen LogP contribution in [-0.2, 0) is 22.4 Å². The minimum atomic E-state index is -0.224. The van der Waals surface area contributed by atoms with Crippen LogP contribution in [0.2, 0.25) is 0 Å². The van der Waals surface area contributed by atoms with E-state index in [4.69, 9.17) is 4.74 Å². The van der Waals surface area contributed by atoms with Crippen molar-refractivity contribution < 1.29 is 19.1 Å². The Balaban J connectivity index is 1.42. The van der Waals surface area contributed by atoms with Gasteiger partial charge in [-0.2, -0.15) is 0 Å². The number of benzene rings is 1. The number of anilines is 1. The van der Waals surface area contributed by atoms with E-state index in [9.17, 15) is 14.4 Å². The molecule has 2 heterocycles. The molecule has 2 aliphatic rings. The lowest BCUT2D eigenvalue weighted by Crippen LogP contribution is -2.29. The Morgan fingerprint density at radius 3 is 2.70 bits per heavy atom. The van der Waals surface area contributed by atoms with Crippen molar-refractivity contribution in [2.45, 2.75) is 38.5 Å². The second-order valence-electron chi connectivity index (χ2n) is 8.26. The monoisotopic (exact) mass is 467 g/mol. The summed E-state index contributed by atoms with van der Waals surface area (Å²) in [6.45, 7) is 5.36. The van der Waals surface area contributed by atoms with Gasteiger partial charge in [0.05, 0.1) is 5.56 Å². The molecule has 1 aromatic heterocycles. The second kappa shape index (κ2) is 10.3. The summed E-state index contributed by atoms with van der Waals surface area (Å²) in [5.74, 6) is -0.510. The zero-order valence-corrected chi connectivity index (χ0v) is 19.7. The molecule has 0 spiro atoms. The average Bonchev–Trinajstić information content (AvgIpc) is 3.30. The molecule has 0 atom stereocenters. The standard InChI is InChI=1S/C25H29N3O4S/c1-16-17-8-3-4-9-18(17)25(31)28(16)14-12-21(29)27-24-22(23(30)26-13-7-15-32-2)19-10-5-6-11-20(19)33-24/h3-4,8-9H,1,5-7,10-15H2,2H3,(H,26,30)(H,27,29). The first kappa shape index (κ1) is 23.2. The summed E-state index contributed by atoms with van der Waals surface area (Å²) >= 11 is 1.50. The van der Waals surface area contributed by atoms with Gasteiger partial charge in [-0.25, -0.2) is 0 Å². The van der Waals surface area contributed by atoms with Crippen molar-refractivity contribution in [2.75, 3.05) is 32.1 Å². The van der Waals surface area contributed by atoms with Crippen molar-refractivity contribution in [2.24, 2.45) is 0 Å². The molecule has 1 aliphatic carbocycles. The molecule has 0 radical (unpaired) electrons. The number of nitrogens with one attached hydrogen (secondary N) is 2. The van der Waals surface area contributed by atoms with Crippen LogP contribution in [0.15, 0.2) is 30.8 Å². The fourth-order valence-corrected chi connectivity index (χ4v) is 5.68. The van der Waals surface area contributed by atoms with Gasteiger partial charge in [0.15, 0.2) is 0 Å². The van der Waals surface area contributed by atoms with Crippen molar-refractivity contribution in [3.8, 4) is 0 Å². The Labute approximate surface area is 197 Å². The first-order valence-corrected chi connectivity index (χ1v) is 12.1. The maximum Gasteiger partial charge on any atom is 0.258 e. The van der Waals surface area contributed by atoms with Crippen LogP contribution in [-0.4, -0.2) is 49.4 Å². The Bertz CT molecular complexity index is 1060. The molecule has 0 bridgehead atoms. The Morgan fingerprint density at radius 1 is 1.18 bits per heavy atom. The van der Waals surface area contributed by atoms with E-state index in [1.165, 1.54) is 16.2 Å². The lowest BCUT2D eigenvalue weighted by molar-refractivity contribution is -0.116. The van der Waals surface area contributed by atoms with E-state index in [0.29, 0.717) is 35.0 Å². The second-order valence-corrected chi connectivity index (χ2v) is 9.37. The molecule has 0 fully saturated rings. The van der Waals surface area contributed by atoms with Crippen LogP contribution < -0.4 is 10.6 Å². The number of aryl methyl sites for hydroxylation is 1. The zero-order valence-electron chi connectivity index (χ0n) is 18.9. The molecule has 7 nitrogen and oxygen atoms in total. The van der Waals surface area contributed by atoms with Gasteiger partial charge in [0, 0.05) is 54.9 Å². The van der Waals surface area contributed by atoms with E-state index in [-0.39, 0.29) is 30.7 Å². The molecule has 0 saturated heterocycles. The van der Waals surface area contributed by atoms with Gasteiger partial charge in [-0.1, -0.05) is 24.8 Å². The van der Waals surface area contributed by atoms with Crippen LogP contribution in [0.3, 0.4) is 0 Å². The number of amides is 3. The van der Waals surface area contributed by atoms with Crippen LogP contribution in [0.25, 0.3) is 5.70 Å². The smallest absolute Gasteiger partial charge is 0.258 e. The van der Waals surface area contributed by atoms with E-state index >= 15 is 0 Å². The summed E-state index contributed by atoms with van der Waals surface area (Å²) in [4.78, 5) is 41.2. The number of carbonyl (C=O) groups is 3. The van der Waals surface area contributed by atoms with Crippen molar-refractivity contribution in [3.05, 3.63) is 58.0 Å². The Hall–Kier alpha value is -2.97. The van der Waals surface area contributed by atoms with Crippen LogP contribution in [0.1, 0.15) is 62.4 Å². The molecule has 0 saturated carbocycles. The number of ether oxygens (including phenoxy) is 1. The van der Waals surface area contributed by atoms with Gasteiger partial charge in [0.1, 0.15) is 5.00 Å². The number of hydrogen-bond acceptors (Lipinski definition) is 5. The van der Waals surface area contributed by atoms with Gasteiger partial charge in [-0.3, -0.25) is 14.4 Å². The summed E-state index contributed by atoms with van der Waals surface area (Å²) in [7, 11) is 1.63. The van der Waals surface area contributed by atoms with Gasteiger partial charge >= 0.3 is 0 Å². The lowest BCUT2D eigenvalue weighted by Gasteiger charge is -2.17. The average molecular weight is 468 g/mol. The number of thiophene rings is 1. The summed E-state index contributed by atoms with van der Waals surface area (Å²) in [6.07, 6.45) is 4.77. The van der Waals surface area contributed by atoms with Crippen molar-refractivity contribution in [1.29, 1.82) is 0 Å². The first-order valence-electron chi connectivity index (χ1n) is 11.3. The normalized spacial score (nSPS) is 14.8. The number of nitrogens with zero attached hydrogens (tertiary/aromatic N) is 1. The number of hydrogen-bond donors (Lipinski definition) is 2. The molecule has 2 N–H and O–H groups in total. The summed E-state index contributed by atoms with van der Waals surface area (Å²) in [6, 6.07) is 7.33. The zero-order chi connectivity index (χ0) is 23.4. The molecular weight excluding hydrogens is 438 g/mol. The summed E-state index contributed by atoms with van der Waals surface area (Å²) in [5.41, 5.74) is 3.69. The van der Waals surface area contributed by atoms with Crippen LogP contribution in [0.4, 0.5) is 5.00 Å². The highest BCUT2D eigenvalue weighted by atomic mass is 32.1. The number of rotatable bonds is 9. The quantitative estimate of drug-likeness (QED) is 0.549. The maximum atomic E-state index is 13.0. The third-order valence-electron chi connectivity index (χ3n) is 6.06. The third kappa shape index (κ3) is 4.86. The van der Waals surface area contributed by atoms with Crippen LogP contribution in [0.5, 0.6) is 0 Å². The fraction of sp³-hybridized carbons (Fsp3) is 0.400. The number of methoxy groups -OCH3 is 1. The molecule has 174 valence electrons. The molecule has 8 heteroatoms. The molecule has 0 unspecified atom stereocenters. The first-order chi connectivity index (χ1) is 16.0. The maximum absolute atomic E-state index is 13.0. The van der Waals surface area contributed by atoms with E-state index in [1.807, 2.05) is 18.2 Å². The predicted octanol–water partition coefficient (Wildman–Crippen LogP) is 3.85. The molecular formula is C25H29N3O4S. The molecule has 1 aliphatic heterocycles. The van der Waals surface area contributed by atoms with Gasteiger partial charge in [0.2, 0.25) is 5.91 Å². The highest BCUT2D eigenvalue weighted by Crippen LogP contribution is 2.38. The minimum Gasteiger partial charge on any atom is -0.385 e. The largest absolute Gasteiger partial charge is 0.385 e. The van der Waals surface area contributed by atoms with Crippen LogP contribution in [0, 0.1) is 0 Å². The van der Waals surface area contributed by atoms with E-state index in [2.05, 4.69) is 17.2 Å². The predicted molar refractivity (Wildman–Crippen MR) is 130 cm³/mol. The third-order valence-corrected chi connectivity index (χ3v) is 7.27. The molecule has 3 amide bonds. The van der Waals surface area contributed by atoms with Crippen molar-refractivity contribution in [1.82, 2.24) is 10.2 Å². The minimum absolute atomic E-state index is 0.121. The van der Waals surface area contributed by atoms with E-state index < -0.39 is 0 Å². The van der Waals surface area contributed by atoms with Crippen molar-refractivity contribution >= 4 is 39.8 Å². The topological polar surface area (TPSA) is 87.7 Å². The molecule has 4 rings (SSSR count). The van der Waals surface area contributed by atoms with Crippen molar-refractivity contribution in [3.63, 3.8) is 0 Å². The van der Waals surface area contributed by atoms with Gasteiger partial charge in [0.25, 0.3) is 11.8 Å². The van der Waals surface area contributed by atoms with Crippen LogP contribution >= 0.6 is 11.3 Å². The molecule has 2 aromatic rings. The van der Waals surface area contributed by atoms with Gasteiger partial charge in [-0.05, 0) is 43.7 Å². The van der Waals surface area contributed by atoms with E-state index in [1.54, 1.807) is 18.1 Å². The van der Waals surface area contributed by atoms with Gasteiger partial charge in [-0.15, -0.1) is 11.3 Å². The number of fused-ring (bicyclic) bond motifs is 2. The summed E-state index contributed by atoms with van der Waals surface area (Å²) < 4.78 is 5.05.